The predicted molar refractivity (Wildman–Crippen MR) is 137 cm³/mol. The van der Waals surface area contributed by atoms with Gasteiger partial charge in [-0.1, -0.05) is 24.3 Å². The molecule has 0 radical (unpaired) electrons. The number of carbonyl (C=O) groups is 4. The Hall–Kier alpha value is -3.55. The highest BCUT2D eigenvalue weighted by molar-refractivity contribution is 6.00. The summed E-state index contributed by atoms with van der Waals surface area (Å²) >= 11 is 0. The van der Waals surface area contributed by atoms with Crippen LogP contribution in [0.1, 0.15) is 13.8 Å². The van der Waals surface area contributed by atoms with Crippen LogP contribution in [0.4, 0.5) is 22.7 Å². The molecular weight excluding hydrogens is 516 g/mol. The van der Waals surface area contributed by atoms with Crippen LogP contribution in [-0.2, 0) is 19.2 Å². The predicted octanol–water partition coefficient (Wildman–Crippen LogP) is -1.49. The van der Waals surface area contributed by atoms with Crippen molar-refractivity contribution in [3.05, 3.63) is 48.5 Å². The average Bonchev–Trinajstić information content (AvgIpc) is 2.84. The molecule has 0 bridgehead atoms. The van der Waals surface area contributed by atoms with Crippen LogP contribution >= 0.6 is 0 Å². The highest BCUT2D eigenvalue weighted by Gasteiger charge is 2.34. The van der Waals surface area contributed by atoms with Gasteiger partial charge in [0.05, 0.1) is 49.4 Å². The quantitative estimate of drug-likeness (QED) is 0.179. The van der Waals surface area contributed by atoms with Gasteiger partial charge in [-0.05, 0) is 24.3 Å². The lowest BCUT2D eigenvalue weighted by Crippen LogP contribution is -3.00. The molecule has 2 aromatic carbocycles. The Balaban J connectivity index is 0.00000507. The van der Waals surface area contributed by atoms with Crippen molar-refractivity contribution in [1.29, 1.82) is 0 Å². The molecule has 38 heavy (non-hydrogen) atoms. The van der Waals surface area contributed by atoms with E-state index >= 15 is 0 Å². The van der Waals surface area contributed by atoms with E-state index in [-0.39, 0.29) is 48.7 Å². The van der Waals surface area contributed by atoms with Crippen molar-refractivity contribution in [2.45, 2.75) is 13.8 Å². The minimum Gasteiger partial charge on any atom is -1.00 e. The van der Waals surface area contributed by atoms with Crippen LogP contribution in [0.2, 0.25) is 0 Å². The van der Waals surface area contributed by atoms with Gasteiger partial charge in [0.15, 0.2) is 6.54 Å². The lowest BCUT2D eigenvalue weighted by Gasteiger charge is -2.41. The molecule has 1 fully saturated rings. The first-order chi connectivity index (χ1) is 17.5. The molecule has 0 atom stereocenters. The molecule has 4 N–H and O–H groups in total. The SMILES string of the molecule is CC(=O)Nc1ccccc1N(O)C(=O)CN1CC[N+](C)(CC(=O)N(O)c2ccccc2NC(C)=O)CC1.[Cl-]. The molecule has 3 rings (SSSR count). The minimum absolute atomic E-state index is 0. The molecule has 0 unspecified atom stereocenters. The van der Waals surface area contributed by atoms with Crippen molar-refractivity contribution in [3.63, 3.8) is 0 Å². The van der Waals surface area contributed by atoms with Crippen LogP contribution in [0.25, 0.3) is 0 Å². The largest absolute Gasteiger partial charge is 1.00 e. The van der Waals surface area contributed by atoms with E-state index in [9.17, 15) is 29.6 Å². The zero-order valence-electron chi connectivity index (χ0n) is 21.6. The fourth-order valence-electron chi connectivity index (χ4n) is 4.13. The Kier molecular flexibility index (Phi) is 10.7. The van der Waals surface area contributed by atoms with Crippen LogP contribution < -0.4 is 33.2 Å². The fraction of sp³-hybridized carbons (Fsp3) is 0.360. The van der Waals surface area contributed by atoms with Gasteiger partial charge < -0.3 is 27.5 Å². The second-order valence-corrected chi connectivity index (χ2v) is 9.31. The summed E-state index contributed by atoms with van der Waals surface area (Å²) in [5, 5.41) is 27.3. The molecule has 0 aromatic heterocycles. The van der Waals surface area contributed by atoms with Crippen molar-refractivity contribution in [2.24, 2.45) is 0 Å². The number of amides is 4. The van der Waals surface area contributed by atoms with Crippen molar-refractivity contribution >= 4 is 46.4 Å². The summed E-state index contributed by atoms with van der Waals surface area (Å²) in [4.78, 5) is 50.4. The van der Waals surface area contributed by atoms with Gasteiger partial charge in [-0.25, -0.2) is 0 Å². The minimum atomic E-state index is -0.555. The lowest BCUT2D eigenvalue weighted by atomic mass is 10.2. The Morgan fingerprint density at radius 3 is 1.68 bits per heavy atom. The van der Waals surface area contributed by atoms with Crippen LogP contribution in [0.5, 0.6) is 0 Å². The zero-order chi connectivity index (χ0) is 27.2. The number of nitrogens with zero attached hydrogens (tertiary/aromatic N) is 4. The van der Waals surface area contributed by atoms with Gasteiger partial charge >= 0.3 is 5.91 Å². The number of halogens is 1. The highest BCUT2D eigenvalue weighted by atomic mass is 35.5. The summed E-state index contributed by atoms with van der Waals surface area (Å²) in [6.07, 6.45) is 0. The van der Waals surface area contributed by atoms with E-state index in [1.165, 1.54) is 26.0 Å². The van der Waals surface area contributed by atoms with Crippen LogP contribution in [0.15, 0.2) is 48.5 Å². The maximum Gasteiger partial charge on any atom is 0.305 e. The Labute approximate surface area is 227 Å². The van der Waals surface area contributed by atoms with E-state index in [1.54, 1.807) is 36.4 Å². The third-order valence-electron chi connectivity index (χ3n) is 6.15. The summed E-state index contributed by atoms with van der Waals surface area (Å²) in [6.45, 7) is 4.70. The van der Waals surface area contributed by atoms with E-state index in [0.29, 0.717) is 52.2 Å². The van der Waals surface area contributed by atoms with Crippen LogP contribution in [-0.4, -0.2) is 89.7 Å². The molecule has 1 aliphatic heterocycles. The molecular formula is C25H33ClN6O6. The molecule has 12 nitrogen and oxygen atoms in total. The van der Waals surface area contributed by atoms with Crippen molar-refractivity contribution in [2.75, 3.05) is 67.1 Å². The number of para-hydroxylation sites is 4. The molecule has 0 aliphatic carbocycles. The number of hydrogen-bond acceptors (Lipinski definition) is 7. The second-order valence-electron chi connectivity index (χ2n) is 9.31. The molecule has 0 spiro atoms. The number of anilines is 4. The number of quaternary nitrogens is 1. The van der Waals surface area contributed by atoms with Gasteiger partial charge in [-0.3, -0.25) is 34.5 Å². The van der Waals surface area contributed by atoms with Gasteiger partial charge in [-0.2, -0.15) is 10.1 Å². The summed E-state index contributed by atoms with van der Waals surface area (Å²) in [5.41, 5.74) is 1.00. The molecule has 1 aliphatic rings. The number of likely N-dealkylation sites (N-methyl/N-ethyl adjacent to an activating group) is 1. The highest BCUT2D eigenvalue weighted by Crippen LogP contribution is 2.26. The topological polar surface area (TPSA) is 143 Å². The Morgan fingerprint density at radius 1 is 0.816 bits per heavy atom. The van der Waals surface area contributed by atoms with Gasteiger partial charge in [0.25, 0.3) is 5.91 Å². The van der Waals surface area contributed by atoms with E-state index in [2.05, 4.69) is 10.6 Å². The van der Waals surface area contributed by atoms with Gasteiger partial charge in [0, 0.05) is 26.9 Å². The van der Waals surface area contributed by atoms with Gasteiger partial charge in [-0.15, -0.1) is 0 Å². The number of rotatable bonds is 8. The van der Waals surface area contributed by atoms with Crippen LogP contribution in [0.3, 0.4) is 0 Å². The number of benzene rings is 2. The molecule has 13 heteroatoms. The maximum atomic E-state index is 12.9. The molecule has 4 amide bonds. The van der Waals surface area contributed by atoms with Gasteiger partial charge in [0.1, 0.15) is 0 Å². The third kappa shape index (κ3) is 7.97. The molecule has 0 saturated carbocycles. The number of piperazine rings is 1. The van der Waals surface area contributed by atoms with E-state index in [0.717, 1.165) is 0 Å². The first kappa shape index (κ1) is 30.7. The van der Waals surface area contributed by atoms with Crippen molar-refractivity contribution in [3.8, 4) is 0 Å². The number of hydrogen-bond donors (Lipinski definition) is 4. The van der Waals surface area contributed by atoms with Gasteiger partial charge in [0.2, 0.25) is 11.8 Å². The summed E-state index contributed by atoms with van der Waals surface area (Å²) < 4.78 is 0.344. The normalized spacial score (nSPS) is 14.6. The first-order valence-electron chi connectivity index (χ1n) is 11.8. The maximum absolute atomic E-state index is 12.9. The Bertz CT molecular complexity index is 1170. The van der Waals surface area contributed by atoms with Crippen LogP contribution in [0, 0.1) is 0 Å². The number of hydroxylamine groups is 2. The lowest BCUT2D eigenvalue weighted by molar-refractivity contribution is -0.906. The standard InChI is InChI=1S/C25H32N6O6.ClH/c1-18(32)26-20-8-4-6-10-22(20)29(36)24(34)16-28-12-14-31(3,15-13-28)17-25(35)30(37)23-11-7-5-9-21(23)27-19(2)33;/h4-11,36-37H,12-17H2,1-3H3,(H-,26,27,32,33);1H. The molecule has 2 aromatic rings. The zero-order valence-corrected chi connectivity index (χ0v) is 22.3. The number of carbonyl (C=O) groups excluding carboxylic acids is 4. The third-order valence-corrected chi connectivity index (χ3v) is 6.15. The summed E-state index contributed by atoms with van der Waals surface area (Å²) in [5.74, 6) is -1.73. The second kappa shape index (κ2) is 13.3. The van der Waals surface area contributed by atoms with Crippen molar-refractivity contribution < 1.29 is 46.5 Å². The first-order valence-corrected chi connectivity index (χ1v) is 11.8. The molecule has 206 valence electrons. The average molecular weight is 549 g/mol. The van der Waals surface area contributed by atoms with E-state index in [4.69, 9.17) is 0 Å². The fourth-order valence-corrected chi connectivity index (χ4v) is 4.13. The molecule has 1 heterocycles. The smallest absolute Gasteiger partial charge is 0.305 e. The Morgan fingerprint density at radius 2 is 1.24 bits per heavy atom. The molecule has 1 saturated heterocycles. The summed E-state index contributed by atoms with van der Waals surface area (Å²) in [6, 6.07) is 12.9. The van der Waals surface area contributed by atoms with E-state index < -0.39 is 11.8 Å². The summed E-state index contributed by atoms with van der Waals surface area (Å²) in [7, 11) is 1.90. The number of nitrogens with one attached hydrogen (secondary N) is 2. The van der Waals surface area contributed by atoms with E-state index in [1.807, 2.05) is 11.9 Å². The monoisotopic (exact) mass is 548 g/mol. The van der Waals surface area contributed by atoms with Crippen molar-refractivity contribution in [1.82, 2.24) is 4.90 Å².